The van der Waals surface area contributed by atoms with Crippen LogP contribution in [-0.2, 0) is 16.1 Å². The number of carbonyl (C=O) groups is 2. The first-order chi connectivity index (χ1) is 12.8. The molecule has 2 rings (SSSR count). The van der Waals surface area contributed by atoms with Gasteiger partial charge in [-0.05, 0) is 37.6 Å². The predicted octanol–water partition coefficient (Wildman–Crippen LogP) is 1.34. The number of aromatic nitrogens is 2. The van der Waals surface area contributed by atoms with Crippen molar-refractivity contribution in [1.82, 2.24) is 9.78 Å². The molecule has 0 bridgehead atoms. The highest BCUT2D eigenvalue weighted by Crippen LogP contribution is 2.27. The third-order valence-electron chi connectivity index (χ3n) is 3.84. The van der Waals surface area contributed by atoms with E-state index in [1.54, 1.807) is 26.0 Å². The predicted molar refractivity (Wildman–Crippen MR) is 98.6 cm³/mol. The van der Waals surface area contributed by atoms with Crippen molar-refractivity contribution in [3.8, 4) is 11.8 Å². The van der Waals surface area contributed by atoms with Crippen LogP contribution in [0.2, 0.25) is 0 Å². The van der Waals surface area contributed by atoms with Gasteiger partial charge in [0.05, 0.1) is 18.5 Å². The standard InChI is InChI=1S/C18H19N5O4/c1-10-11(2)22-23(18(26)14(10)8-19)9-17(25)21-15-7-13(20-12(3)24)5-6-16(15)27-4/h5-7H,9H2,1-4H3,(H,20,24)(H,21,25). The van der Waals surface area contributed by atoms with Gasteiger partial charge in [-0.3, -0.25) is 14.4 Å². The number of nitrogens with one attached hydrogen (secondary N) is 2. The van der Waals surface area contributed by atoms with E-state index in [2.05, 4.69) is 15.7 Å². The quantitative estimate of drug-likeness (QED) is 0.819. The molecule has 140 valence electrons. The number of nitriles is 1. The minimum absolute atomic E-state index is 0.0412. The summed E-state index contributed by atoms with van der Waals surface area (Å²) in [6.07, 6.45) is 0. The van der Waals surface area contributed by atoms with Gasteiger partial charge in [0.2, 0.25) is 11.8 Å². The zero-order valence-electron chi connectivity index (χ0n) is 15.4. The summed E-state index contributed by atoms with van der Waals surface area (Å²) in [5.74, 6) is -0.405. The molecule has 1 heterocycles. The second kappa shape index (κ2) is 8.14. The first-order valence-electron chi connectivity index (χ1n) is 8.00. The van der Waals surface area contributed by atoms with Crippen LogP contribution in [-0.4, -0.2) is 28.7 Å². The van der Waals surface area contributed by atoms with Crippen LogP contribution in [0.4, 0.5) is 11.4 Å². The van der Waals surface area contributed by atoms with Crippen LogP contribution in [0.25, 0.3) is 0 Å². The molecule has 0 spiro atoms. The van der Waals surface area contributed by atoms with Gasteiger partial charge in [0.25, 0.3) is 5.56 Å². The van der Waals surface area contributed by atoms with Crippen molar-refractivity contribution in [2.24, 2.45) is 0 Å². The summed E-state index contributed by atoms with van der Waals surface area (Å²) in [6.45, 7) is 4.28. The van der Waals surface area contributed by atoms with Gasteiger partial charge in [-0.15, -0.1) is 0 Å². The Bertz CT molecular complexity index is 1000. The monoisotopic (exact) mass is 369 g/mol. The lowest BCUT2D eigenvalue weighted by Gasteiger charge is -2.13. The number of rotatable bonds is 5. The number of ether oxygens (including phenoxy) is 1. The van der Waals surface area contributed by atoms with Crippen LogP contribution >= 0.6 is 0 Å². The molecule has 0 atom stereocenters. The fourth-order valence-corrected chi connectivity index (χ4v) is 2.42. The van der Waals surface area contributed by atoms with Crippen LogP contribution in [0.15, 0.2) is 23.0 Å². The van der Waals surface area contributed by atoms with Gasteiger partial charge in [0, 0.05) is 12.6 Å². The lowest BCUT2D eigenvalue weighted by Crippen LogP contribution is -2.32. The maximum atomic E-state index is 12.4. The molecular formula is C18H19N5O4. The maximum Gasteiger partial charge on any atom is 0.285 e. The van der Waals surface area contributed by atoms with E-state index in [9.17, 15) is 14.4 Å². The molecule has 9 heteroatoms. The zero-order valence-corrected chi connectivity index (χ0v) is 15.4. The molecule has 1 aromatic heterocycles. The average Bonchev–Trinajstić information content (AvgIpc) is 2.60. The third-order valence-corrected chi connectivity index (χ3v) is 3.84. The van der Waals surface area contributed by atoms with E-state index >= 15 is 0 Å². The van der Waals surface area contributed by atoms with Gasteiger partial charge in [0.15, 0.2) is 0 Å². The molecule has 0 aliphatic heterocycles. The molecule has 1 aromatic carbocycles. The second-order valence-corrected chi connectivity index (χ2v) is 5.80. The third kappa shape index (κ3) is 4.49. The minimum atomic E-state index is -0.630. The highest BCUT2D eigenvalue weighted by Gasteiger charge is 2.15. The van der Waals surface area contributed by atoms with Crippen LogP contribution in [0.3, 0.4) is 0 Å². The molecule has 2 N–H and O–H groups in total. The first kappa shape index (κ1) is 19.7. The summed E-state index contributed by atoms with van der Waals surface area (Å²) in [5, 5.41) is 18.4. The lowest BCUT2D eigenvalue weighted by molar-refractivity contribution is -0.117. The SMILES string of the molecule is COc1ccc(NC(C)=O)cc1NC(=O)Cn1nc(C)c(C)c(C#N)c1=O. The van der Waals surface area contributed by atoms with Crippen molar-refractivity contribution >= 4 is 23.2 Å². The molecule has 0 radical (unpaired) electrons. The highest BCUT2D eigenvalue weighted by atomic mass is 16.5. The normalized spacial score (nSPS) is 10.0. The summed E-state index contributed by atoms with van der Waals surface area (Å²) in [6, 6.07) is 6.61. The van der Waals surface area contributed by atoms with Crippen molar-refractivity contribution in [1.29, 1.82) is 5.26 Å². The van der Waals surface area contributed by atoms with Crippen LogP contribution in [0, 0.1) is 25.2 Å². The highest BCUT2D eigenvalue weighted by molar-refractivity contribution is 5.94. The molecule has 0 aliphatic carbocycles. The molecule has 9 nitrogen and oxygen atoms in total. The van der Waals surface area contributed by atoms with Crippen molar-refractivity contribution in [3.63, 3.8) is 0 Å². The fourth-order valence-electron chi connectivity index (χ4n) is 2.42. The Labute approximate surface area is 155 Å². The summed E-state index contributed by atoms with van der Waals surface area (Å²) in [7, 11) is 1.44. The summed E-state index contributed by atoms with van der Waals surface area (Å²) >= 11 is 0. The molecule has 0 saturated carbocycles. The molecule has 2 amide bonds. The van der Waals surface area contributed by atoms with E-state index < -0.39 is 11.5 Å². The Morgan fingerprint density at radius 1 is 1.30 bits per heavy atom. The van der Waals surface area contributed by atoms with Crippen molar-refractivity contribution < 1.29 is 14.3 Å². The van der Waals surface area contributed by atoms with Crippen LogP contribution < -0.4 is 20.9 Å². The number of aryl methyl sites for hydroxylation is 1. The van der Waals surface area contributed by atoms with E-state index in [-0.39, 0.29) is 18.0 Å². The molecule has 0 unspecified atom stereocenters. The van der Waals surface area contributed by atoms with Crippen LogP contribution in [0.5, 0.6) is 5.75 Å². The Balaban J connectivity index is 2.29. The van der Waals surface area contributed by atoms with Gasteiger partial charge in [-0.1, -0.05) is 0 Å². The molecule has 27 heavy (non-hydrogen) atoms. The van der Waals surface area contributed by atoms with Gasteiger partial charge < -0.3 is 15.4 Å². The molecule has 0 aliphatic rings. The number of carbonyl (C=O) groups excluding carboxylic acids is 2. The number of anilines is 2. The van der Waals surface area contributed by atoms with E-state index in [1.165, 1.54) is 20.1 Å². The van der Waals surface area contributed by atoms with Crippen molar-refractivity contribution in [2.75, 3.05) is 17.7 Å². The lowest BCUT2D eigenvalue weighted by atomic mass is 10.1. The molecule has 0 saturated heterocycles. The maximum absolute atomic E-state index is 12.4. The Morgan fingerprint density at radius 3 is 2.59 bits per heavy atom. The number of hydrogen-bond donors (Lipinski definition) is 2. The second-order valence-electron chi connectivity index (χ2n) is 5.80. The van der Waals surface area contributed by atoms with Crippen molar-refractivity contribution in [3.05, 3.63) is 45.4 Å². The van der Waals surface area contributed by atoms with E-state index in [4.69, 9.17) is 10.00 Å². The van der Waals surface area contributed by atoms with Gasteiger partial charge in [-0.25, -0.2) is 4.68 Å². The van der Waals surface area contributed by atoms with E-state index in [0.29, 0.717) is 28.4 Å². The van der Waals surface area contributed by atoms with E-state index in [0.717, 1.165) is 4.68 Å². The van der Waals surface area contributed by atoms with Gasteiger partial charge >= 0.3 is 0 Å². The number of nitrogens with zero attached hydrogens (tertiary/aromatic N) is 3. The summed E-state index contributed by atoms with van der Waals surface area (Å²) < 4.78 is 6.14. The Morgan fingerprint density at radius 2 is 2.00 bits per heavy atom. The number of amides is 2. The Hall–Kier alpha value is -3.67. The molecule has 0 fully saturated rings. The topological polar surface area (TPSA) is 126 Å². The number of benzene rings is 1. The average molecular weight is 369 g/mol. The first-order valence-corrected chi connectivity index (χ1v) is 8.00. The fraction of sp³-hybridized carbons (Fsp3) is 0.278. The molecule has 2 aromatic rings. The molecular weight excluding hydrogens is 350 g/mol. The van der Waals surface area contributed by atoms with Crippen LogP contribution in [0.1, 0.15) is 23.7 Å². The number of methoxy groups -OCH3 is 1. The Kier molecular flexibility index (Phi) is 5.92. The largest absolute Gasteiger partial charge is 0.495 e. The van der Waals surface area contributed by atoms with E-state index in [1.807, 2.05) is 6.07 Å². The summed E-state index contributed by atoms with van der Waals surface area (Å²) in [4.78, 5) is 35.9. The zero-order chi connectivity index (χ0) is 20.1. The smallest absolute Gasteiger partial charge is 0.285 e. The summed E-state index contributed by atoms with van der Waals surface area (Å²) in [5.41, 5.74) is 1.11. The van der Waals surface area contributed by atoms with Gasteiger partial charge in [-0.2, -0.15) is 10.4 Å². The van der Waals surface area contributed by atoms with Gasteiger partial charge in [0.1, 0.15) is 23.9 Å². The number of hydrogen-bond acceptors (Lipinski definition) is 6. The minimum Gasteiger partial charge on any atom is -0.495 e. The van der Waals surface area contributed by atoms with Crippen molar-refractivity contribution in [2.45, 2.75) is 27.3 Å².